The third kappa shape index (κ3) is 2.76. The Morgan fingerprint density at radius 3 is 2.81 bits per heavy atom. The first-order valence-corrected chi connectivity index (χ1v) is 8.54. The molecule has 26 heavy (non-hydrogen) atoms. The molecule has 2 fully saturated rings. The van der Waals surface area contributed by atoms with Crippen LogP contribution in [0.25, 0.3) is 0 Å². The molecule has 0 unspecified atom stereocenters. The average molecular weight is 350 g/mol. The highest BCUT2D eigenvalue weighted by Crippen LogP contribution is 2.51. The summed E-state index contributed by atoms with van der Waals surface area (Å²) < 4.78 is 0. The molecule has 1 saturated heterocycles. The predicted molar refractivity (Wildman–Crippen MR) is 93.2 cm³/mol. The van der Waals surface area contributed by atoms with E-state index in [1.54, 1.807) is 23.2 Å². The summed E-state index contributed by atoms with van der Waals surface area (Å²) in [4.78, 5) is 27.0. The number of rotatable bonds is 5. The van der Waals surface area contributed by atoms with Gasteiger partial charge in [-0.05, 0) is 31.2 Å². The molecule has 1 saturated carbocycles. The smallest absolute Gasteiger partial charge is 0.247 e. The van der Waals surface area contributed by atoms with Crippen LogP contribution in [0.3, 0.4) is 0 Å². The van der Waals surface area contributed by atoms with Crippen LogP contribution in [0.2, 0.25) is 0 Å². The van der Waals surface area contributed by atoms with Crippen molar-refractivity contribution in [1.29, 1.82) is 5.26 Å². The molecule has 3 heterocycles. The molecule has 8 nitrogen and oxygen atoms in total. The van der Waals surface area contributed by atoms with Crippen molar-refractivity contribution in [1.82, 2.24) is 15.0 Å². The van der Waals surface area contributed by atoms with Crippen molar-refractivity contribution in [2.75, 3.05) is 16.8 Å². The number of carbonyl (C=O) groups is 1. The van der Waals surface area contributed by atoms with Gasteiger partial charge >= 0.3 is 0 Å². The van der Waals surface area contributed by atoms with Gasteiger partial charge in [-0.3, -0.25) is 9.78 Å². The fourth-order valence-electron chi connectivity index (χ4n) is 3.42. The SMILES string of the molecule is N#C[C@@]1(C2CC2)CCN(c2ccnc(Nc3cnc(CO)cn3)c2)C1=O. The van der Waals surface area contributed by atoms with Crippen LogP contribution in [0.15, 0.2) is 30.7 Å². The highest BCUT2D eigenvalue weighted by atomic mass is 16.3. The van der Waals surface area contributed by atoms with Gasteiger partial charge in [0.25, 0.3) is 0 Å². The Bertz CT molecular complexity index is 874. The minimum absolute atomic E-state index is 0.105. The number of aromatic nitrogens is 3. The van der Waals surface area contributed by atoms with E-state index in [-0.39, 0.29) is 18.4 Å². The molecule has 4 rings (SSSR count). The molecule has 8 heteroatoms. The van der Waals surface area contributed by atoms with E-state index in [0.29, 0.717) is 36.0 Å². The van der Waals surface area contributed by atoms with Gasteiger partial charge in [0.05, 0.1) is 30.8 Å². The second-order valence-corrected chi connectivity index (χ2v) is 6.64. The van der Waals surface area contributed by atoms with E-state index in [1.807, 2.05) is 0 Å². The highest BCUT2D eigenvalue weighted by molar-refractivity contribution is 6.02. The molecule has 132 valence electrons. The van der Waals surface area contributed by atoms with Gasteiger partial charge < -0.3 is 15.3 Å². The zero-order chi connectivity index (χ0) is 18.1. The lowest BCUT2D eigenvalue weighted by molar-refractivity contribution is -0.123. The Morgan fingerprint density at radius 2 is 2.15 bits per heavy atom. The number of pyridine rings is 1. The standard InChI is InChI=1S/C18H18N6O2/c19-11-18(12-1-2-12)4-6-24(17(18)26)14-3-5-20-15(7-14)23-16-9-21-13(10-25)8-22-16/h3,5,7-9,12,25H,1-2,4,6,10H2,(H,20,22,23)/t18-/m1/s1. The van der Waals surface area contributed by atoms with E-state index in [4.69, 9.17) is 5.11 Å². The first-order valence-electron chi connectivity index (χ1n) is 8.54. The lowest BCUT2D eigenvalue weighted by Crippen LogP contribution is -2.35. The molecule has 0 radical (unpaired) electrons. The molecule has 0 aromatic carbocycles. The van der Waals surface area contributed by atoms with E-state index < -0.39 is 5.41 Å². The van der Waals surface area contributed by atoms with Crippen LogP contribution >= 0.6 is 0 Å². The van der Waals surface area contributed by atoms with Crippen LogP contribution in [0, 0.1) is 22.7 Å². The third-order valence-electron chi connectivity index (χ3n) is 5.01. The van der Waals surface area contributed by atoms with Crippen molar-refractivity contribution in [3.05, 3.63) is 36.4 Å². The van der Waals surface area contributed by atoms with Gasteiger partial charge in [-0.15, -0.1) is 0 Å². The lowest BCUT2D eigenvalue weighted by Gasteiger charge is -2.21. The molecule has 1 aliphatic heterocycles. The van der Waals surface area contributed by atoms with Crippen LogP contribution in [-0.4, -0.2) is 32.5 Å². The van der Waals surface area contributed by atoms with E-state index >= 15 is 0 Å². The predicted octanol–water partition coefficient (Wildman–Crippen LogP) is 1.76. The first-order chi connectivity index (χ1) is 12.7. The number of nitrogens with one attached hydrogen (secondary N) is 1. The molecule has 0 bridgehead atoms. The molecule has 0 spiro atoms. The van der Waals surface area contributed by atoms with Gasteiger partial charge in [-0.2, -0.15) is 5.26 Å². The topological polar surface area (TPSA) is 115 Å². The molecule has 1 aliphatic carbocycles. The summed E-state index contributed by atoms with van der Waals surface area (Å²) in [5.41, 5.74) is 0.334. The highest BCUT2D eigenvalue weighted by Gasteiger charge is 2.56. The molecular formula is C18H18N6O2. The number of anilines is 3. The summed E-state index contributed by atoms with van der Waals surface area (Å²) >= 11 is 0. The minimum Gasteiger partial charge on any atom is -0.390 e. The largest absolute Gasteiger partial charge is 0.390 e. The van der Waals surface area contributed by atoms with Crippen LogP contribution in [0.5, 0.6) is 0 Å². The fourth-order valence-corrected chi connectivity index (χ4v) is 3.42. The zero-order valence-corrected chi connectivity index (χ0v) is 14.1. The van der Waals surface area contributed by atoms with Gasteiger partial charge in [-0.1, -0.05) is 0 Å². The Hall–Kier alpha value is -3.05. The number of nitriles is 1. The second-order valence-electron chi connectivity index (χ2n) is 6.64. The molecule has 1 atom stereocenters. The molecule has 2 aromatic heterocycles. The van der Waals surface area contributed by atoms with E-state index in [0.717, 1.165) is 12.8 Å². The van der Waals surface area contributed by atoms with Gasteiger partial charge in [0.1, 0.15) is 17.1 Å². The van der Waals surface area contributed by atoms with Crippen molar-refractivity contribution in [3.8, 4) is 6.07 Å². The van der Waals surface area contributed by atoms with Crippen molar-refractivity contribution in [2.45, 2.75) is 25.9 Å². The van der Waals surface area contributed by atoms with Crippen molar-refractivity contribution < 1.29 is 9.90 Å². The van der Waals surface area contributed by atoms with Crippen LogP contribution in [0.1, 0.15) is 25.0 Å². The lowest BCUT2D eigenvalue weighted by atomic mass is 9.83. The first kappa shape index (κ1) is 16.4. The van der Waals surface area contributed by atoms with Crippen molar-refractivity contribution in [2.24, 2.45) is 11.3 Å². The summed E-state index contributed by atoms with van der Waals surface area (Å²) in [6.07, 6.45) is 7.09. The van der Waals surface area contributed by atoms with Gasteiger partial charge in [0.2, 0.25) is 5.91 Å². The molecular weight excluding hydrogens is 332 g/mol. The summed E-state index contributed by atoms with van der Waals surface area (Å²) in [5, 5.41) is 21.6. The number of amides is 1. The fraction of sp³-hybridized carbons (Fsp3) is 0.389. The Kier molecular flexibility index (Phi) is 4.01. The van der Waals surface area contributed by atoms with Crippen molar-refractivity contribution in [3.63, 3.8) is 0 Å². The normalized spacial score (nSPS) is 22.3. The number of hydrogen-bond acceptors (Lipinski definition) is 7. The summed E-state index contributed by atoms with van der Waals surface area (Å²) in [5.74, 6) is 1.11. The van der Waals surface area contributed by atoms with E-state index in [2.05, 4.69) is 26.3 Å². The van der Waals surface area contributed by atoms with E-state index in [1.165, 1.54) is 12.4 Å². The summed E-state index contributed by atoms with van der Waals surface area (Å²) in [7, 11) is 0. The average Bonchev–Trinajstić information content (AvgIpc) is 3.47. The number of aliphatic hydroxyl groups excluding tert-OH is 1. The maximum atomic E-state index is 12.9. The Morgan fingerprint density at radius 1 is 1.31 bits per heavy atom. The number of hydrogen-bond donors (Lipinski definition) is 2. The van der Waals surface area contributed by atoms with Gasteiger partial charge in [0.15, 0.2) is 0 Å². The zero-order valence-electron chi connectivity index (χ0n) is 14.1. The maximum Gasteiger partial charge on any atom is 0.247 e. The van der Waals surface area contributed by atoms with Crippen LogP contribution < -0.4 is 10.2 Å². The van der Waals surface area contributed by atoms with Crippen molar-refractivity contribution >= 4 is 23.2 Å². The number of carbonyl (C=O) groups excluding carboxylic acids is 1. The maximum absolute atomic E-state index is 12.9. The second kappa shape index (κ2) is 6.35. The Labute approximate surface area is 150 Å². The van der Waals surface area contributed by atoms with Gasteiger partial charge in [0, 0.05) is 24.5 Å². The molecule has 2 aromatic rings. The number of nitrogens with zero attached hydrogens (tertiary/aromatic N) is 5. The summed E-state index contributed by atoms with van der Waals surface area (Å²) in [6.45, 7) is 0.372. The monoisotopic (exact) mass is 350 g/mol. The van der Waals surface area contributed by atoms with Gasteiger partial charge in [-0.25, -0.2) is 9.97 Å². The summed E-state index contributed by atoms with van der Waals surface area (Å²) in [6, 6.07) is 5.82. The minimum atomic E-state index is -0.859. The van der Waals surface area contributed by atoms with Crippen LogP contribution in [0.4, 0.5) is 17.3 Å². The third-order valence-corrected chi connectivity index (χ3v) is 5.01. The molecule has 2 aliphatic rings. The number of aliphatic hydroxyl groups is 1. The Balaban J connectivity index is 1.54. The molecule has 1 amide bonds. The quantitative estimate of drug-likeness (QED) is 0.844. The van der Waals surface area contributed by atoms with Crippen LogP contribution in [-0.2, 0) is 11.4 Å². The molecule has 2 N–H and O–H groups in total. The van der Waals surface area contributed by atoms with E-state index in [9.17, 15) is 10.1 Å².